The molecule has 3 aromatic rings. The zero-order valence-electron chi connectivity index (χ0n) is 20.0. The van der Waals surface area contributed by atoms with E-state index in [1.807, 2.05) is 16.7 Å². The molecule has 0 bridgehead atoms. The Balaban J connectivity index is 1.22. The number of rotatable bonds is 6. The van der Waals surface area contributed by atoms with E-state index in [2.05, 4.69) is 49.3 Å². The summed E-state index contributed by atoms with van der Waals surface area (Å²) in [6.07, 6.45) is 2.94. The summed E-state index contributed by atoms with van der Waals surface area (Å²) in [5, 5.41) is 6.84. The predicted octanol–water partition coefficient (Wildman–Crippen LogP) is 6.54. The molecule has 12 heteroatoms. The van der Waals surface area contributed by atoms with Crippen LogP contribution in [0.25, 0.3) is 16.7 Å². The van der Waals surface area contributed by atoms with Crippen molar-refractivity contribution in [1.82, 2.24) is 14.9 Å². The van der Waals surface area contributed by atoms with Gasteiger partial charge in [-0.3, -0.25) is 4.99 Å². The lowest BCUT2D eigenvalue weighted by atomic mass is 9.91. The van der Waals surface area contributed by atoms with Gasteiger partial charge in [0, 0.05) is 24.4 Å². The van der Waals surface area contributed by atoms with Gasteiger partial charge >= 0.3 is 6.36 Å². The van der Waals surface area contributed by atoms with Crippen molar-refractivity contribution < 1.29 is 17.9 Å². The summed E-state index contributed by atoms with van der Waals surface area (Å²) in [5.74, 6) is 6.23. The number of anilines is 1. The standard InChI is InChI=1S/C27H18Cl2F3N5OS/c28-21-2-1-3-22(29)25(21)36-26(39)34-14-33-13-16-4-10-20-17(12-16)5-11-23-24(20)35-15-37(23)18-6-8-19(9-7-18)38-27(30,31)32/h2,5-6,8,11,13,15-16H,7,9,12,14H2,(H2,34,36,39). The van der Waals surface area contributed by atoms with Crippen LogP contribution in [0.2, 0.25) is 10.0 Å². The molecule has 1 aromatic heterocycles. The average Bonchev–Trinajstić information content (AvgIpc) is 3.33. The molecule has 6 nitrogen and oxygen atoms in total. The van der Waals surface area contributed by atoms with Crippen molar-refractivity contribution in [3.63, 3.8) is 0 Å². The second-order valence-electron chi connectivity index (χ2n) is 8.57. The highest BCUT2D eigenvalue weighted by molar-refractivity contribution is 7.80. The number of fused-ring (bicyclic) bond motifs is 3. The molecule has 39 heavy (non-hydrogen) atoms. The molecule has 1 heterocycles. The first kappa shape index (κ1) is 26.9. The van der Waals surface area contributed by atoms with Gasteiger partial charge in [-0.15, -0.1) is 13.2 Å². The number of aromatic nitrogens is 2. The topological polar surface area (TPSA) is 63.5 Å². The quantitative estimate of drug-likeness (QED) is 0.195. The third-order valence-electron chi connectivity index (χ3n) is 5.97. The van der Waals surface area contributed by atoms with E-state index < -0.39 is 6.36 Å². The number of hydrogen-bond acceptors (Lipinski definition) is 4. The van der Waals surface area contributed by atoms with Gasteiger partial charge in [-0.2, -0.15) is 0 Å². The molecule has 0 spiro atoms. The minimum atomic E-state index is -4.69. The maximum Gasteiger partial charge on any atom is 0.572 e. The van der Waals surface area contributed by atoms with E-state index in [0.29, 0.717) is 28.7 Å². The van der Waals surface area contributed by atoms with Crippen molar-refractivity contribution in [1.29, 1.82) is 0 Å². The maximum atomic E-state index is 12.5. The highest BCUT2D eigenvalue weighted by Gasteiger charge is 2.32. The molecule has 0 fully saturated rings. The number of imidazole rings is 1. The van der Waals surface area contributed by atoms with E-state index >= 15 is 0 Å². The van der Waals surface area contributed by atoms with Gasteiger partial charge in [0.25, 0.3) is 0 Å². The van der Waals surface area contributed by atoms with Crippen molar-refractivity contribution in [3.05, 3.63) is 75.7 Å². The smallest absolute Gasteiger partial charge is 0.410 e. The van der Waals surface area contributed by atoms with Gasteiger partial charge in [0.2, 0.25) is 0 Å². The first-order chi connectivity index (χ1) is 18.7. The number of hydrogen-bond donors (Lipinski definition) is 2. The van der Waals surface area contributed by atoms with E-state index in [1.165, 1.54) is 12.1 Å². The molecule has 5 rings (SSSR count). The largest absolute Gasteiger partial charge is 0.572 e. The fourth-order valence-electron chi connectivity index (χ4n) is 4.22. The lowest BCUT2D eigenvalue weighted by Crippen LogP contribution is -2.29. The van der Waals surface area contributed by atoms with Crippen LogP contribution in [0.5, 0.6) is 0 Å². The predicted molar refractivity (Wildman–Crippen MR) is 149 cm³/mol. The van der Waals surface area contributed by atoms with Gasteiger partial charge in [0.1, 0.15) is 29.3 Å². The first-order valence-corrected chi connectivity index (χ1v) is 12.8. The number of halogens is 5. The number of ether oxygens (including phenoxy) is 1. The molecule has 0 saturated carbocycles. The van der Waals surface area contributed by atoms with Crippen LogP contribution >= 0.6 is 35.4 Å². The molecular formula is C27H18Cl2F3N5OS. The van der Waals surface area contributed by atoms with Crippen LogP contribution in [0.3, 0.4) is 0 Å². The van der Waals surface area contributed by atoms with Gasteiger partial charge in [-0.05, 0) is 54.9 Å². The van der Waals surface area contributed by atoms with Crippen LogP contribution < -0.4 is 10.6 Å². The van der Waals surface area contributed by atoms with Gasteiger partial charge in [-0.1, -0.05) is 47.2 Å². The van der Waals surface area contributed by atoms with Crippen molar-refractivity contribution in [2.24, 2.45) is 10.9 Å². The van der Waals surface area contributed by atoms with Crippen molar-refractivity contribution in [3.8, 4) is 11.8 Å². The lowest BCUT2D eigenvalue weighted by Gasteiger charge is -2.18. The molecule has 0 amide bonds. The Morgan fingerprint density at radius 3 is 2.87 bits per heavy atom. The van der Waals surface area contributed by atoms with Crippen LogP contribution in [-0.4, -0.2) is 33.9 Å². The summed E-state index contributed by atoms with van der Waals surface area (Å²) in [4.78, 5) is 8.94. The Bertz CT molecular complexity index is 1580. The Morgan fingerprint density at radius 2 is 2.13 bits per heavy atom. The molecular weight excluding hydrogens is 570 g/mol. The second-order valence-corrected chi connectivity index (χ2v) is 9.77. The summed E-state index contributed by atoms with van der Waals surface area (Å²) in [6.45, 7) is 0.234. The molecule has 1 unspecified atom stereocenters. The monoisotopic (exact) mass is 587 g/mol. The SMILES string of the molecule is FC(F)(F)OC1=CC=C(n2cnc3c4c(ccc32)CC(C=NCNC(=S)Nc2c(Cl)c#ccc2Cl)C#C4)CC1. The maximum absolute atomic E-state index is 12.5. The fourth-order valence-corrected chi connectivity index (χ4v) is 4.83. The number of thiocarbonyl (C=S) groups is 1. The van der Waals surface area contributed by atoms with E-state index in [1.54, 1.807) is 18.6 Å². The van der Waals surface area contributed by atoms with E-state index in [4.69, 9.17) is 35.4 Å². The van der Waals surface area contributed by atoms with Crippen molar-refractivity contribution >= 4 is 69.2 Å². The summed E-state index contributed by atoms with van der Waals surface area (Å²) in [6, 6.07) is 10.9. The number of nitrogens with one attached hydrogen (secondary N) is 2. The van der Waals surface area contributed by atoms with Crippen LogP contribution in [0.1, 0.15) is 24.0 Å². The molecule has 198 valence electrons. The molecule has 2 aromatic carbocycles. The van der Waals surface area contributed by atoms with Gasteiger partial charge in [0.05, 0.1) is 27.7 Å². The van der Waals surface area contributed by atoms with Gasteiger partial charge < -0.3 is 19.9 Å². The van der Waals surface area contributed by atoms with Crippen LogP contribution in [0.15, 0.2) is 47.4 Å². The van der Waals surface area contributed by atoms with Gasteiger partial charge in [-0.25, -0.2) is 4.98 Å². The normalized spacial score (nSPS) is 16.5. The minimum absolute atomic E-state index is 0.0817. The molecule has 0 aliphatic heterocycles. The number of nitrogens with zero attached hydrogens (tertiary/aromatic N) is 3. The Hall–Kier alpha value is -3.70. The molecule has 0 radical (unpaired) electrons. The molecule has 2 N–H and O–H groups in total. The highest BCUT2D eigenvalue weighted by Crippen LogP contribution is 2.32. The average molecular weight is 588 g/mol. The van der Waals surface area contributed by atoms with Gasteiger partial charge in [0.15, 0.2) is 5.11 Å². The van der Waals surface area contributed by atoms with E-state index in [9.17, 15) is 13.2 Å². The third-order valence-corrected chi connectivity index (χ3v) is 6.79. The second kappa shape index (κ2) is 11.2. The Kier molecular flexibility index (Phi) is 7.72. The van der Waals surface area contributed by atoms with Crippen molar-refractivity contribution in [2.75, 3.05) is 12.0 Å². The summed E-state index contributed by atoms with van der Waals surface area (Å²) >= 11 is 17.4. The number of aliphatic imine (C=N–C) groups is 1. The number of allylic oxidation sites excluding steroid dienone is 4. The van der Waals surface area contributed by atoms with E-state index in [0.717, 1.165) is 27.9 Å². The first-order valence-electron chi connectivity index (χ1n) is 11.7. The number of alkyl halides is 3. The van der Waals surface area contributed by atoms with Crippen molar-refractivity contribution in [2.45, 2.75) is 25.6 Å². The highest BCUT2D eigenvalue weighted by atomic mass is 35.5. The van der Waals surface area contributed by atoms with E-state index in [-0.39, 0.29) is 29.8 Å². The Morgan fingerprint density at radius 1 is 1.28 bits per heavy atom. The molecule has 0 saturated heterocycles. The minimum Gasteiger partial charge on any atom is -0.410 e. The lowest BCUT2D eigenvalue weighted by molar-refractivity contribution is -0.306. The summed E-state index contributed by atoms with van der Waals surface area (Å²) < 4.78 is 43.4. The van der Waals surface area contributed by atoms with Crippen LogP contribution in [0.4, 0.5) is 18.9 Å². The summed E-state index contributed by atoms with van der Waals surface area (Å²) in [7, 11) is 0. The third kappa shape index (κ3) is 6.31. The Labute approximate surface area is 237 Å². The number of benzene rings is 1. The zero-order valence-corrected chi connectivity index (χ0v) is 22.3. The fraction of sp³-hybridized carbons (Fsp3) is 0.222. The zero-order chi connectivity index (χ0) is 27.6. The van der Waals surface area contributed by atoms with Crippen LogP contribution in [-0.2, 0) is 11.2 Å². The molecule has 2 aliphatic rings. The van der Waals surface area contributed by atoms with Crippen LogP contribution in [0, 0.1) is 29.9 Å². The summed E-state index contributed by atoms with van der Waals surface area (Å²) in [5.41, 5.74) is 4.76. The molecule has 1 atom stereocenters. The molecule has 2 aliphatic carbocycles.